The minimum absolute atomic E-state index is 0.0535. The molecule has 0 aromatic rings. The van der Waals surface area contributed by atoms with Gasteiger partial charge in [0, 0.05) is 26.4 Å². The lowest BCUT2D eigenvalue weighted by Crippen LogP contribution is -2.51. The molecule has 8 atom stereocenters. The lowest BCUT2D eigenvalue weighted by Gasteiger charge is -2.58. The maximum absolute atomic E-state index is 12.5. The SMILES string of the molecule is CC(=O)O.CC(C)CCC[C@@H](C)[C@H]1CC[C@H]2[C@@H]3CC=C4C[C@@H](OC(=O)CNCCCNCCN)CC[C@]4(C)[C@H]3CC[C@]12C. The number of esters is 1. The number of nitrogens with one attached hydrogen (secondary N) is 2. The Morgan fingerprint density at radius 3 is 2.42 bits per heavy atom. The van der Waals surface area contributed by atoms with E-state index in [1.807, 2.05) is 0 Å². The quantitative estimate of drug-likeness (QED) is 0.101. The molecule has 0 aromatic carbocycles. The summed E-state index contributed by atoms with van der Waals surface area (Å²) < 4.78 is 5.96. The smallest absolute Gasteiger partial charge is 0.320 e. The fraction of sp³-hybridized carbons (Fsp3) is 0.889. The van der Waals surface area contributed by atoms with Crippen LogP contribution in [-0.4, -0.2) is 55.9 Å². The first-order valence-corrected chi connectivity index (χ1v) is 17.6. The second-order valence-corrected chi connectivity index (χ2v) is 15.2. The first-order chi connectivity index (χ1) is 20.4. The third kappa shape index (κ3) is 9.53. The molecular formula is C36H65N3O4. The molecule has 0 unspecified atom stereocenters. The van der Waals surface area contributed by atoms with E-state index < -0.39 is 5.97 Å². The number of allylic oxidation sites excluding steroid dienone is 1. The van der Waals surface area contributed by atoms with Crippen molar-refractivity contribution in [3.63, 3.8) is 0 Å². The number of nitrogens with two attached hydrogens (primary N) is 1. The molecule has 7 heteroatoms. The molecule has 43 heavy (non-hydrogen) atoms. The van der Waals surface area contributed by atoms with Gasteiger partial charge in [0.1, 0.15) is 6.10 Å². The van der Waals surface area contributed by atoms with Crippen LogP contribution in [-0.2, 0) is 14.3 Å². The van der Waals surface area contributed by atoms with Gasteiger partial charge in [0.25, 0.3) is 5.97 Å². The zero-order valence-electron chi connectivity index (χ0n) is 28.4. The summed E-state index contributed by atoms with van der Waals surface area (Å²) in [7, 11) is 0. The van der Waals surface area contributed by atoms with Gasteiger partial charge in [-0.1, -0.05) is 65.5 Å². The average Bonchev–Trinajstić information content (AvgIpc) is 3.29. The standard InChI is InChI=1S/C34H61N3O2.C2H4O2/c1-24(2)8-6-9-25(3)29-12-13-30-28-11-10-26-22-27(39-32(38)23-37-20-7-19-36-21-18-35)14-16-33(26,4)31(28)15-17-34(29,30)5;1-2(3)4/h10,24-25,27-31,36-37H,6-9,11-23,35H2,1-5H3;1H3,(H,3,4)/t25-,27+,28+,29-,30+,31+,33+,34-;/m1./s1. The number of aliphatic carboxylic acids is 1. The van der Waals surface area contributed by atoms with E-state index in [1.54, 1.807) is 5.57 Å². The van der Waals surface area contributed by atoms with E-state index in [0.717, 1.165) is 81.3 Å². The van der Waals surface area contributed by atoms with Gasteiger partial charge in [-0.2, -0.15) is 0 Å². The van der Waals surface area contributed by atoms with Crippen molar-refractivity contribution in [3.8, 4) is 0 Å². The molecule has 0 radical (unpaired) electrons. The van der Waals surface area contributed by atoms with Crippen molar-refractivity contribution in [2.45, 2.75) is 125 Å². The van der Waals surface area contributed by atoms with E-state index in [2.05, 4.69) is 51.3 Å². The van der Waals surface area contributed by atoms with Gasteiger partial charge in [0.15, 0.2) is 0 Å². The summed E-state index contributed by atoms with van der Waals surface area (Å²) in [6.07, 6.45) is 18.0. The summed E-state index contributed by atoms with van der Waals surface area (Å²) in [6, 6.07) is 0. The normalized spacial score (nSPS) is 33.8. The van der Waals surface area contributed by atoms with Crippen LogP contribution in [0.3, 0.4) is 0 Å². The van der Waals surface area contributed by atoms with Gasteiger partial charge < -0.3 is 26.2 Å². The summed E-state index contributed by atoms with van der Waals surface area (Å²) >= 11 is 0. The van der Waals surface area contributed by atoms with E-state index in [9.17, 15) is 4.79 Å². The van der Waals surface area contributed by atoms with E-state index in [1.165, 1.54) is 57.8 Å². The second kappa shape index (κ2) is 16.7. The summed E-state index contributed by atoms with van der Waals surface area (Å²) in [4.78, 5) is 21.5. The Morgan fingerprint density at radius 1 is 1.00 bits per heavy atom. The zero-order chi connectivity index (χ0) is 31.6. The molecule has 0 amide bonds. The molecule has 4 rings (SSSR count). The van der Waals surface area contributed by atoms with Gasteiger partial charge in [-0.05, 0) is 111 Å². The van der Waals surface area contributed by atoms with Gasteiger partial charge in [-0.3, -0.25) is 9.59 Å². The molecule has 3 saturated carbocycles. The summed E-state index contributed by atoms with van der Waals surface area (Å²) in [5, 5.41) is 13.9. The minimum Gasteiger partial charge on any atom is -0.481 e. The van der Waals surface area contributed by atoms with Crippen molar-refractivity contribution in [2.75, 3.05) is 32.7 Å². The fourth-order valence-corrected chi connectivity index (χ4v) is 9.74. The van der Waals surface area contributed by atoms with Gasteiger partial charge in [0.2, 0.25) is 0 Å². The molecule has 248 valence electrons. The molecule has 3 fully saturated rings. The number of carbonyl (C=O) groups excluding carboxylic acids is 1. The van der Waals surface area contributed by atoms with Crippen LogP contribution >= 0.6 is 0 Å². The van der Waals surface area contributed by atoms with E-state index in [-0.39, 0.29) is 12.1 Å². The lowest BCUT2D eigenvalue weighted by molar-refractivity contribution is -0.150. The Labute approximate surface area is 262 Å². The third-order valence-corrected chi connectivity index (χ3v) is 11.9. The number of fused-ring (bicyclic) bond motifs is 5. The molecule has 0 spiro atoms. The van der Waals surface area contributed by atoms with Gasteiger partial charge in [-0.15, -0.1) is 0 Å². The Morgan fingerprint density at radius 2 is 1.72 bits per heavy atom. The molecule has 7 nitrogen and oxygen atoms in total. The lowest BCUT2D eigenvalue weighted by atomic mass is 9.47. The van der Waals surface area contributed by atoms with Crippen LogP contribution < -0.4 is 16.4 Å². The third-order valence-electron chi connectivity index (χ3n) is 11.9. The van der Waals surface area contributed by atoms with Crippen LogP contribution in [0.5, 0.6) is 0 Å². The number of ether oxygens (including phenoxy) is 1. The first kappa shape index (κ1) is 36.0. The molecule has 4 aliphatic carbocycles. The molecule has 0 saturated heterocycles. The van der Waals surface area contributed by atoms with Crippen molar-refractivity contribution in [1.82, 2.24) is 10.6 Å². The fourth-order valence-electron chi connectivity index (χ4n) is 9.74. The molecule has 0 aromatic heterocycles. The van der Waals surface area contributed by atoms with Crippen LogP contribution in [0.15, 0.2) is 11.6 Å². The monoisotopic (exact) mass is 603 g/mol. The molecule has 0 aliphatic heterocycles. The van der Waals surface area contributed by atoms with Crippen LogP contribution in [0.25, 0.3) is 0 Å². The minimum atomic E-state index is -0.833. The number of carboxylic acid groups (broad SMARTS) is 1. The van der Waals surface area contributed by atoms with Crippen molar-refractivity contribution in [3.05, 3.63) is 11.6 Å². The molecule has 4 aliphatic rings. The number of hydrogen-bond donors (Lipinski definition) is 4. The van der Waals surface area contributed by atoms with Crippen LogP contribution in [0.2, 0.25) is 0 Å². The first-order valence-electron chi connectivity index (χ1n) is 17.6. The van der Waals surface area contributed by atoms with Crippen molar-refractivity contribution in [1.29, 1.82) is 0 Å². The predicted molar refractivity (Wildman–Crippen MR) is 176 cm³/mol. The zero-order valence-corrected chi connectivity index (χ0v) is 28.4. The van der Waals surface area contributed by atoms with Crippen molar-refractivity contribution in [2.24, 2.45) is 52.1 Å². The average molecular weight is 604 g/mol. The van der Waals surface area contributed by atoms with Gasteiger partial charge >= 0.3 is 5.97 Å². The van der Waals surface area contributed by atoms with Gasteiger partial charge in [0.05, 0.1) is 6.54 Å². The summed E-state index contributed by atoms with van der Waals surface area (Å²) in [6.45, 7) is 17.2. The van der Waals surface area contributed by atoms with E-state index in [0.29, 0.717) is 23.9 Å². The highest BCUT2D eigenvalue weighted by molar-refractivity contribution is 5.71. The maximum atomic E-state index is 12.5. The number of carbonyl (C=O) groups is 2. The maximum Gasteiger partial charge on any atom is 0.320 e. The Bertz CT molecular complexity index is 918. The summed E-state index contributed by atoms with van der Waals surface area (Å²) in [5.74, 6) is 4.26. The van der Waals surface area contributed by atoms with Gasteiger partial charge in [-0.25, -0.2) is 0 Å². The Kier molecular flexibility index (Phi) is 14.0. The van der Waals surface area contributed by atoms with E-state index in [4.69, 9.17) is 20.4 Å². The molecule has 0 heterocycles. The van der Waals surface area contributed by atoms with Crippen molar-refractivity contribution >= 4 is 11.9 Å². The Hall–Kier alpha value is -1.44. The predicted octanol–water partition coefficient (Wildman–Crippen LogP) is 6.56. The number of rotatable bonds is 14. The highest BCUT2D eigenvalue weighted by Gasteiger charge is 2.59. The molecular weight excluding hydrogens is 538 g/mol. The Balaban J connectivity index is 0.00000119. The highest BCUT2D eigenvalue weighted by Crippen LogP contribution is 2.67. The number of hydrogen-bond acceptors (Lipinski definition) is 6. The largest absolute Gasteiger partial charge is 0.481 e. The molecule has 5 N–H and O–H groups in total. The molecule has 0 bridgehead atoms. The number of carboxylic acids is 1. The van der Waals surface area contributed by atoms with E-state index >= 15 is 0 Å². The highest BCUT2D eigenvalue weighted by atomic mass is 16.5. The summed E-state index contributed by atoms with van der Waals surface area (Å²) in [5.41, 5.74) is 7.95. The second-order valence-electron chi connectivity index (χ2n) is 15.2. The van der Waals surface area contributed by atoms with Crippen LogP contribution in [0.1, 0.15) is 119 Å². The van der Waals surface area contributed by atoms with Crippen LogP contribution in [0, 0.1) is 46.3 Å². The van der Waals surface area contributed by atoms with Crippen LogP contribution in [0.4, 0.5) is 0 Å². The topological polar surface area (TPSA) is 114 Å². The van der Waals surface area contributed by atoms with Crippen molar-refractivity contribution < 1.29 is 19.4 Å².